The van der Waals surface area contributed by atoms with Crippen molar-refractivity contribution < 1.29 is 83.4 Å². The number of esters is 2. The minimum Gasteiger partial charge on any atom is -0.744 e. The first kappa shape index (κ1) is 32.2. The first-order valence-corrected chi connectivity index (χ1v) is 12.5. The quantitative estimate of drug-likeness (QED) is 0.118. The van der Waals surface area contributed by atoms with Gasteiger partial charge < -0.3 is 14.0 Å². The predicted molar refractivity (Wildman–Crippen MR) is 122 cm³/mol. The maximum atomic E-state index is 12.5. The molecule has 0 saturated carbocycles. The molecule has 0 amide bonds. The van der Waals surface area contributed by atoms with E-state index in [1.165, 1.54) is 0 Å². The van der Waals surface area contributed by atoms with Crippen LogP contribution in [0.5, 0.6) is 0 Å². The van der Waals surface area contributed by atoms with E-state index in [9.17, 15) is 22.6 Å². The van der Waals surface area contributed by atoms with Crippen molar-refractivity contribution in [2.75, 3.05) is 13.2 Å². The van der Waals surface area contributed by atoms with E-state index in [4.69, 9.17) is 9.47 Å². The molecule has 0 bridgehead atoms. The van der Waals surface area contributed by atoms with Gasteiger partial charge in [-0.2, -0.15) is 0 Å². The molecule has 1 rings (SSSR count). The summed E-state index contributed by atoms with van der Waals surface area (Å²) in [7, 11) is -4.80. The van der Waals surface area contributed by atoms with Crippen molar-refractivity contribution in [3.8, 4) is 0 Å². The van der Waals surface area contributed by atoms with Gasteiger partial charge in [0.1, 0.15) is 10.1 Å². The summed E-state index contributed by atoms with van der Waals surface area (Å²) in [6.07, 6.45) is 14.9. The Hall–Kier alpha value is -0.814. The van der Waals surface area contributed by atoms with Gasteiger partial charge in [0.25, 0.3) is 0 Å². The summed E-state index contributed by atoms with van der Waals surface area (Å²) in [5, 5.41) is 0. The average Bonchev–Trinajstić information content (AvgIpc) is 2.76. The monoisotopic (exact) mass is 504 g/mol. The third kappa shape index (κ3) is 13.6. The van der Waals surface area contributed by atoms with Crippen LogP contribution in [-0.2, 0) is 19.6 Å². The summed E-state index contributed by atoms with van der Waals surface area (Å²) >= 11 is 0. The van der Waals surface area contributed by atoms with Crippen LogP contribution in [0.2, 0.25) is 0 Å². The van der Waals surface area contributed by atoms with E-state index in [2.05, 4.69) is 26.0 Å². The number of allylic oxidation sites excluding steroid dienone is 4. The fraction of sp³-hybridized carbons (Fsp3) is 0.500. The van der Waals surface area contributed by atoms with E-state index in [0.29, 0.717) is 12.8 Å². The molecule has 0 N–H and O–H groups in total. The molecule has 0 aliphatic rings. The van der Waals surface area contributed by atoms with E-state index >= 15 is 0 Å². The van der Waals surface area contributed by atoms with Crippen LogP contribution >= 0.6 is 0 Å². The molecule has 0 heterocycles. The first-order valence-electron chi connectivity index (χ1n) is 11.0. The fourth-order valence-electron chi connectivity index (χ4n) is 2.72. The number of rotatable bonds is 15. The number of carbonyl (C=O) groups is 2. The van der Waals surface area contributed by atoms with Gasteiger partial charge in [-0.1, -0.05) is 51.0 Å². The standard InChI is InChI=1S/C24H34O7S.K/c1-3-5-7-9-11-13-17-30-23(25)21-16-15-20(32(27,28)29)19-22(21)24(26)31-18-14-12-10-8-6-4-2;/h7-10,15-16,19H,3-6,11-14,17-18H2,1-2H3,(H,27,28,29);/q;+1/p-1/b9-7+,10-8+;. The summed E-state index contributed by atoms with van der Waals surface area (Å²) in [5.74, 6) is -1.64. The molecule has 1 aromatic carbocycles. The summed E-state index contributed by atoms with van der Waals surface area (Å²) in [6.45, 7) is 4.41. The number of benzene rings is 1. The fourth-order valence-corrected chi connectivity index (χ4v) is 3.21. The summed E-state index contributed by atoms with van der Waals surface area (Å²) in [5.41, 5.74) is -0.428. The van der Waals surface area contributed by atoms with Crippen LogP contribution in [0.1, 0.15) is 85.9 Å². The van der Waals surface area contributed by atoms with Crippen LogP contribution in [0.15, 0.2) is 47.4 Å². The maximum absolute atomic E-state index is 12.5. The maximum Gasteiger partial charge on any atom is 1.00 e. The van der Waals surface area contributed by atoms with Crippen molar-refractivity contribution in [3.05, 3.63) is 53.6 Å². The smallest absolute Gasteiger partial charge is 0.744 e. The number of hydrogen-bond donors (Lipinski definition) is 0. The zero-order chi connectivity index (χ0) is 23.8. The van der Waals surface area contributed by atoms with E-state index in [1.54, 1.807) is 0 Å². The Kier molecular flexibility index (Phi) is 18.0. The minimum absolute atomic E-state index is 0. The van der Waals surface area contributed by atoms with Gasteiger partial charge >= 0.3 is 63.3 Å². The summed E-state index contributed by atoms with van der Waals surface area (Å²) < 4.78 is 44.5. The Balaban J connectivity index is 0.0000102. The average molecular weight is 505 g/mol. The van der Waals surface area contributed by atoms with E-state index in [-0.39, 0.29) is 75.7 Å². The molecule has 0 atom stereocenters. The molecule has 9 heteroatoms. The molecule has 0 aliphatic carbocycles. The van der Waals surface area contributed by atoms with Crippen LogP contribution in [0.4, 0.5) is 0 Å². The number of carbonyl (C=O) groups excluding carboxylic acids is 2. The van der Waals surface area contributed by atoms with Crippen molar-refractivity contribution in [3.63, 3.8) is 0 Å². The molecule has 0 radical (unpaired) electrons. The molecule has 0 saturated heterocycles. The Morgan fingerprint density at radius 1 is 0.818 bits per heavy atom. The third-order valence-corrected chi connectivity index (χ3v) is 5.29. The number of unbranched alkanes of at least 4 members (excludes halogenated alkanes) is 4. The van der Waals surface area contributed by atoms with Crippen molar-refractivity contribution in [1.29, 1.82) is 0 Å². The van der Waals surface area contributed by atoms with Gasteiger partial charge in [-0.05, 0) is 56.7 Å². The summed E-state index contributed by atoms with van der Waals surface area (Å²) in [6, 6.07) is 2.97. The summed E-state index contributed by atoms with van der Waals surface area (Å²) in [4.78, 5) is 24.4. The second-order valence-corrected chi connectivity index (χ2v) is 8.62. The molecule has 0 aromatic heterocycles. The largest absolute Gasteiger partial charge is 1.00 e. The zero-order valence-corrected chi connectivity index (χ0v) is 23.8. The second kappa shape index (κ2) is 18.5. The van der Waals surface area contributed by atoms with Crippen molar-refractivity contribution >= 4 is 22.1 Å². The predicted octanol–water partition coefficient (Wildman–Crippen LogP) is 2.18. The van der Waals surface area contributed by atoms with Gasteiger partial charge in [-0.15, -0.1) is 0 Å². The molecule has 0 aliphatic heterocycles. The van der Waals surface area contributed by atoms with Gasteiger partial charge in [0.05, 0.1) is 29.2 Å². The van der Waals surface area contributed by atoms with Crippen LogP contribution < -0.4 is 51.4 Å². The van der Waals surface area contributed by atoms with Gasteiger partial charge in [0.2, 0.25) is 0 Å². The minimum atomic E-state index is -4.80. The third-order valence-electron chi connectivity index (χ3n) is 4.46. The normalized spacial score (nSPS) is 11.5. The molecule has 7 nitrogen and oxygen atoms in total. The van der Waals surface area contributed by atoms with Crippen LogP contribution in [0, 0.1) is 0 Å². The molecule has 0 spiro atoms. The molecule has 33 heavy (non-hydrogen) atoms. The van der Waals surface area contributed by atoms with E-state index in [0.717, 1.165) is 56.7 Å². The van der Waals surface area contributed by atoms with Crippen molar-refractivity contribution in [1.82, 2.24) is 0 Å². The van der Waals surface area contributed by atoms with E-state index in [1.807, 2.05) is 12.2 Å². The Bertz CT molecular complexity index is 892. The van der Waals surface area contributed by atoms with Gasteiger partial charge in [0.15, 0.2) is 0 Å². The zero-order valence-electron chi connectivity index (χ0n) is 19.9. The Labute approximate surface area is 240 Å². The number of hydrogen-bond acceptors (Lipinski definition) is 7. The van der Waals surface area contributed by atoms with Gasteiger partial charge in [-0.25, -0.2) is 18.0 Å². The first-order chi connectivity index (χ1) is 15.3. The van der Waals surface area contributed by atoms with Crippen LogP contribution in [-0.4, -0.2) is 38.1 Å². The van der Waals surface area contributed by atoms with Crippen molar-refractivity contribution in [2.24, 2.45) is 0 Å². The molecule has 178 valence electrons. The number of ether oxygens (including phenoxy) is 2. The SMILES string of the molecule is CCC/C=C/CCCOC(=O)c1ccc(S(=O)(=O)[O-])cc1C(=O)OCCC/C=C/CCC.[K+]. The van der Waals surface area contributed by atoms with Crippen molar-refractivity contribution in [2.45, 2.75) is 70.1 Å². The second-order valence-electron chi connectivity index (χ2n) is 7.24. The van der Waals surface area contributed by atoms with Crippen LogP contribution in [0.3, 0.4) is 0 Å². The molecule has 1 aromatic rings. The van der Waals surface area contributed by atoms with Crippen LogP contribution in [0.25, 0.3) is 0 Å². The molecule has 0 fully saturated rings. The van der Waals surface area contributed by atoms with Gasteiger partial charge in [0, 0.05) is 0 Å². The molecular formula is C24H33KO7S. The molecular weight excluding hydrogens is 471 g/mol. The van der Waals surface area contributed by atoms with Gasteiger partial charge in [-0.3, -0.25) is 0 Å². The van der Waals surface area contributed by atoms with E-state index < -0.39 is 27.0 Å². The Morgan fingerprint density at radius 2 is 1.27 bits per heavy atom. The Morgan fingerprint density at radius 3 is 1.73 bits per heavy atom. The topological polar surface area (TPSA) is 110 Å². The molecule has 0 unspecified atom stereocenters.